The molecule has 1 aliphatic carbocycles. The maximum atomic E-state index is 12.5. The lowest BCUT2D eigenvalue weighted by Gasteiger charge is -2.36. The molecule has 1 heterocycles. The van der Waals surface area contributed by atoms with Gasteiger partial charge in [-0.25, -0.2) is 9.78 Å². The molecule has 0 saturated heterocycles. The molecule has 0 spiro atoms. The zero-order valence-corrected chi connectivity index (χ0v) is 22.1. The highest BCUT2D eigenvalue weighted by Crippen LogP contribution is 2.45. The molecule has 36 heavy (non-hydrogen) atoms. The second-order valence-corrected chi connectivity index (χ2v) is 10.6. The number of para-hydroxylation sites is 1. The van der Waals surface area contributed by atoms with Crippen LogP contribution in [0.25, 0.3) is 22.6 Å². The number of hydrogen-bond donors (Lipinski definition) is 1. The minimum absolute atomic E-state index is 0.0195. The molecule has 1 unspecified atom stereocenters. The van der Waals surface area contributed by atoms with Crippen molar-refractivity contribution >= 4 is 28.5 Å². The predicted molar refractivity (Wildman–Crippen MR) is 146 cm³/mol. The van der Waals surface area contributed by atoms with Crippen LogP contribution in [-0.4, -0.2) is 29.3 Å². The number of fused-ring (bicyclic) bond motifs is 2. The quantitative estimate of drug-likeness (QED) is 0.330. The molecule has 1 aromatic heterocycles. The van der Waals surface area contributed by atoms with Crippen LogP contribution < -0.4 is 9.47 Å². The van der Waals surface area contributed by atoms with E-state index in [1.165, 1.54) is 0 Å². The number of hydrogen-bond acceptors (Lipinski definition) is 4. The predicted octanol–water partition coefficient (Wildman–Crippen LogP) is 7.66. The number of allylic oxidation sites excluding steroid dienone is 1. The van der Waals surface area contributed by atoms with Crippen molar-refractivity contribution in [3.63, 3.8) is 0 Å². The summed E-state index contributed by atoms with van der Waals surface area (Å²) in [6.45, 7) is 12.0. The summed E-state index contributed by atoms with van der Waals surface area (Å²) < 4.78 is 11.9. The third-order valence-electron chi connectivity index (χ3n) is 7.02. The number of rotatable bonds is 8. The summed E-state index contributed by atoms with van der Waals surface area (Å²) in [5, 5.41) is 10.9. The lowest BCUT2D eigenvalue weighted by molar-refractivity contribution is 0.0696. The van der Waals surface area contributed by atoms with Gasteiger partial charge in [0.05, 0.1) is 30.0 Å². The SMILES string of the molecule is CCCCOc1ccc(C=C2CC(C(C)(C)C)Cc3c2nc2ccccc2c3C(=O)O)cc1OCC. The molecule has 3 aromatic rings. The molecule has 5 nitrogen and oxygen atoms in total. The number of unbranched alkanes of at least 4 members (excludes halogenated alkanes) is 1. The summed E-state index contributed by atoms with van der Waals surface area (Å²) in [6.07, 6.45) is 5.74. The van der Waals surface area contributed by atoms with Gasteiger partial charge in [0.2, 0.25) is 0 Å². The number of benzene rings is 2. The van der Waals surface area contributed by atoms with Gasteiger partial charge in [0.25, 0.3) is 0 Å². The molecule has 0 bridgehead atoms. The van der Waals surface area contributed by atoms with Crippen molar-refractivity contribution in [2.75, 3.05) is 13.2 Å². The van der Waals surface area contributed by atoms with Gasteiger partial charge >= 0.3 is 5.97 Å². The molecule has 0 aliphatic heterocycles. The number of nitrogens with zero attached hydrogens (tertiary/aromatic N) is 1. The number of carboxylic acids is 1. The maximum absolute atomic E-state index is 12.5. The number of pyridine rings is 1. The van der Waals surface area contributed by atoms with Crippen LogP contribution in [0.1, 0.15) is 81.1 Å². The van der Waals surface area contributed by atoms with Crippen molar-refractivity contribution in [3.8, 4) is 11.5 Å². The third-order valence-corrected chi connectivity index (χ3v) is 7.02. The van der Waals surface area contributed by atoms with Crippen LogP contribution in [0.5, 0.6) is 11.5 Å². The van der Waals surface area contributed by atoms with Gasteiger partial charge in [0.15, 0.2) is 11.5 Å². The van der Waals surface area contributed by atoms with Gasteiger partial charge in [-0.2, -0.15) is 0 Å². The summed E-state index contributed by atoms with van der Waals surface area (Å²) >= 11 is 0. The Morgan fingerprint density at radius 2 is 1.86 bits per heavy atom. The Balaban J connectivity index is 1.86. The molecule has 0 saturated carbocycles. The molecule has 0 radical (unpaired) electrons. The molecule has 0 amide bonds. The number of aromatic carboxylic acids is 1. The first-order valence-electron chi connectivity index (χ1n) is 13.0. The number of carboxylic acid groups (broad SMARTS) is 1. The Kier molecular flexibility index (Phi) is 7.67. The third kappa shape index (κ3) is 5.40. The fraction of sp³-hybridized carbons (Fsp3) is 0.419. The van der Waals surface area contributed by atoms with Crippen molar-refractivity contribution in [1.82, 2.24) is 4.98 Å². The summed E-state index contributed by atoms with van der Waals surface area (Å²) in [6, 6.07) is 13.6. The normalized spacial score (nSPS) is 16.7. The van der Waals surface area contributed by atoms with Gasteiger partial charge in [0.1, 0.15) is 0 Å². The molecular formula is C31H37NO4. The van der Waals surface area contributed by atoms with Crippen molar-refractivity contribution in [1.29, 1.82) is 0 Å². The van der Waals surface area contributed by atoms with Crippen LogP contribution in [0.4, 0.5) is 0 Å². The Hall–Kier alpha value is -3.34. The Morgan fingerprint density at radius 1 is 1.08 bits per heavy atom. The largest absolute Gasteiger partial charge is 0.490 e. The Morgan fingerprint density at radius 3 is 2.56 bits per heavy atom. The summed E-state index contributed by atoms with van der Waals surface area (Å²) in [7, 11) is 0. The molecule has 2 aromatic carbocycles. The topological polar surface area (TPSA) is 68.7 Å². The standard InChI is InChI=1S/C31H37NO4/c1-6-8-15-36-26-14-13-20(17-27(26)35-7-2)16-21-18-22(31(3,4)5)19-24-28(30(33)34)23-11-9-10-12-25(23)32-29(21)24/h9-14,16-17,22H,6-8,15,18-19H2,1-5H3,(H,33,34). The minimum Gasteiger partial charge on any atom is -0.490 e. The highest BCUT2D eigenvalue weighted by Gasteiger charge is 2.35. The van der Waals surface area contributed by atoms with Crippen LogP contribution in [0.3, 0.4) is 0 Å². The molecule has 0 fully saturated rings. The lowest BCUT2D eigenvalue weighted by Crippen LogP contribution is -2.28. The molecule has 5 heteroatoms. The number of aromatic nitrogens is 1. The second-order valence-electron chi connectivity index (χ2n) is 10.6. The first kappa shape index (κ1) is 25.7. The monoisotopic (exact) mass is 487 g/mol. The van der Waals surface area contributed by atoms with E-state index in [0.717, 1.165) is 53.2 Å². The van der Waals surface area contributed by atoms with E-state index in [1.807, 2.05) is 49.4 Å². The number of ether oxygens (including phenoxy) is 2. The van der Waals surface area contributed by atoms with Crippen LogP contribution in [0.2, 0.25) is 0 Å². The van der Waals surface area contributed by atoms with E-state index in [4.69, 9.17) is 14.5 Å². The van der Waals surface area contributed by atoms with Crippen LogP contribution in [0.15, 0.2) is 42.5 Å². The molecule has 1 N–H and O–H groups in total. The van der Waals surface area contributed by atoms with E-state index in [1.54, 1.807) is 0 Å². The van der Waals surface area contributed by atoms with Gasteiger partial charge in [-0.3, -0.25) is 0 Å². The smallest absolute Gasteiger partial charge is 0.336 e. The maximum Gasteiger partial charge on any atom is 0.336 e. The van der Waals surface area contributed by atoms with Crippen LogP contribution in [-0.2, 0) is 6.42 Å². The van der Waals surface area contributed by atoms with Gasteiger partial charge in [-0.05, 0) is 78.5 Å². The van der Waals surface area contributed by atoms with Crippen molar-refractivity contribution < 1.29 is 19.4 Å². The molecule has 1 atom stereocenters. The van der Waals surface area contributed by atoms with Crippen LogP contribution >= 0.6 is 0 Å². The minimum atomic E-state index is -0.897. The van der Waals surface area contributed by atoms with E-state index in [-0.39, 0.29) is 5.41 Å². The highest BCUT2D eigenvalue weighted by atomic mass is 16.5. The summed E-state index contributed by atoms with van der Waals surface area (Å²) in [5.74, 6) is 0.872. The van der Waals surface area contributed by atoms with Gasteiger partial charge in [-0.1, -0.05) is 58.4 Å². The molecular weight excluding hydrogens is 450 g/mol. The fourth-order valence-electron chi connectivity index (χ4n) is 4.91. The number of carbonyl (C=O) groups is 1. The zero-order valence-electron chi connectivity index (χ0n) is 22.1. The van der Waals surface area contributed by atoms with Crippen LogP contribution in [0, 0.1) is 11.3 Å². The average molecular weight is 488 g/mol. The molecule has 190 valence electrons. The Labute approximate surface area is 214 Å². The van der Waals surface area contributed by atoms with E-state index in [9.17, 15) is 9.90 Å². The van der Waals surface area contributed by atoms with Crippen molar-refractivity contribution in [2.45, 2.75) is 60.3 Å². The molecule has 1 aliphatic rings. The lowest BCUT2D eigenvalue weighted by atomic mass is 9.69. The fourth-order valence-corrected chi connectivity index (χ4v) is 4.91. The van der Waals surface area contributed by atoms with E-state index in [2.05, 4.69) is 33.8 Å². The van der Waals surface area contributed by atoms with E-state index in [0.29, 0.717) is 42.0 Å². The molecule has 4 rings (SSSR count). The van der Waals surface area contributed by atoms with Gasteiger partial charge < -0.3 is 14.6 Å². The zero-order chi connectivity index (χ0) is 25.9. The van der Waals surface area contributed by atoms with Crippen molar-refractivity contribution in [3.05, 3.63) is 64.8 Å². The average Bonchev–Trinajstić information content (AvgIpc) is 2.83. The van der Waals surface area contributed by atoms with Gasteiger partial charge in [0, 0.05) is 5.39 Å². The van der Waals surface area contributed by atoms with E-state index < -0.39 is 5.97 Å². The van der Waals surface area contributed by atoms with E-state index >= 15 is 0 Å². The first-order valence-corrected chi connectivity index (χ1v) is 13.0. The van der Waals surface area contributed by atoms with Crippen molar-refractivity contribution in [2.24, 2.45) is 11.3 Å². The first-order chi connectivity index (χ1) is 17.2. The Bertz CT molecular complexity index is 1290. The highest BCUT2D eigenvalue weighted by molar-refractivity contribution is 6.06. The van der Waals surface area contributed by atoms with Gasteiger partial charge in [-0.15, -0.1) is 0 Å². The summed E-state index contributed by atoms with van der Waals surface area (Å²) in [4.78, 5) is 17.5. The second kappa shape index (κ2) is 10.7. The summed E-state index contributed by atoms with van der Waals surface area (Å²) in [5.41, 5.74) is 4.80.